The molecule has 2 aromatic carbocycles. The molecule has 1 unspecified atom stereocenters. The molecule has 1 aliphatic rings. The summed E-state index contributed by atoms with van der Waals surface area (Å²) in [4.78, 5) is 17.4. The van der Waals surface area contributed by atoms with Gasteiger partial charge in [-0.2, -0.15) is 4.31 Å². The molecule has 31 heavy (non-hydrogen) atoms. The Kier molecular flexibility index (Phi) is 5.81. The minimum Gasteiger partial charge on any atom is -0.301 e. The Hall–Kier alpha value is -2.05. The molecule has 164 valence electrons. The SMILES string of the molecule is CS(=O)(=O)c1ccc2nc(NC(=O)C3CCCN3S(=O)(=O)c3ccc(Cl)cc3)sc2c1. The largest absolute Gasteiger partial charge is 0.301 e. The van der Waals surface area contributed by atoms with E-state index in [4.69, 9.17) is 11.6 Å². The fraction of sp³-hybridized carbons (Fsp3) is 0.263. The van der Waals surface area contributed by atoms with Crippen molar-refractivity contribution in [3.8, 4) is 0 Å². The van der Waals surface area contributed by atoms with Gasteiger partial charge in [-0.15, -0.1) is 0 Å². The predicted molar refractivity (Wildman–Crippen MR) is 120 cm³/mol. The summed E-state index contributed by atoms with van der Waals surface area (Å²) in [6.07, 6.45) is 2.07. The van der Waals surface area contributed by atoms with E-state index in [0.717, 1.165) is 17.6 Å². The number of hydrogen-bond acceptors (Lipinski definition) is 7. The van der Waals surface area contributed by atoms with Crippen molar-refractivity contribution in [1.82, 2.24) is 9.29 Å². The number of aromatic nitrogens is 1. The third kappa shape index (κ3) is 4.46. The molecule has 0 spiro atoms. The van der Waals surface area contributed by atoms with Gasteiger partial charge in [-0.25, -0.2) is 21.8 Å². The number of amides is 1. The summed E-state index contributed by atoms with van der Waals surface area (Å²) < 4.78 is 51.3. The van der Waals surface area contributed by atoms with Crippen molar-refractivity contribution in [2.24, 2.45) is 0 Å². The molecule has 1 aliphatic heterocycles. The fourth-order valence-corrected chi connectivity index (χ4v) is 6.82. The highest BCUT2D eigenvalue weighted by Gasteiger charge is 2.39. The highest BCUT2D eigenvalue weighted by molar-refractivity contribution is 7.90. The molecule has 1 saturated heterocycles. The van der Waals surface area contributed by atoms with Crippen molar-refractivity contribution < 1.29 is 21.6 Å². The van der Waals surface area contributed by atoms with E-state index in [-0.39, 0.29) is 21.5 Å². The number of carbonyl (C=O) groups excluding carboxylic acids is 1. The lowest BCUT2D eigenvalue weighted by atomic mass is 10.2. The number of benzene rings is 2. The van der Waals surface area contributed by atoms with Gasteiger partial charge in [0.25, 0.3) is 0 Å². The predicted octanol–water partition coefficient (Wildman–Crippen LogP) is 3.15. The number of sulfonamides is 1. The number of anilines is 1. The summed E-state index contributed by atoms with van der Waals surface area (Å²) in [5.74, 6) is -0.475. The van der Waals surface area contributed by atoms with Crippen LogP contribution in [0, 0.1) is 0 Å². The molecule has 0 radical (unpaired) electrons. The number of nitrogens with zero attached hydrogens (tertiary/aromatic N) is 2. The molecule has 1 atom stereocenters. The van der Waals surface area contributed by atoms with Gasteiger partial charge >= 0.3 is 0 Å². The van der Waals surface area contributed by atoms with Crippen LogP contribution in [0.25, 0.3) is 10.2 Å². The summed E-state index contributed by atoms with van der Waals surface area (Å²) in [6, 6.07) is 9.49. The van der Waals surface area contributed by atoms with Crippen molar-refractivity contribution in [3.05, 3.63) is 47.5 Å². The van der Waals surface area contributed by atoms with E-state index in [1.165, 1.54) is 40.7 Å². The Morgan fingerprint density at radius 1 is 1.13 bits per heavy atom. The third-order valence-corrected chi connectivity index (χ3v) is 9.16. The first-order chi connectivity index (χ1) is 14.6. The minimum atomic E-state index is -3.86. The lowest BCUT2D eigenvalue weighted by molar-refractivity contribution is -0.119. The maximum Gasteiger partial charge on any atom is 0.244 e. The number of carbonyl (C=O) groups is 1. The van der Waals surface area contributed by atoms with Gasteiger partial charge in [-0.05, 0) is 55.3 Å². The van der Waals surface area contributed by atoms with Gasteiger partial charge in [0.1, 0.15) is 6.04 Å². The molecule has 12 heteroatoms. The van der Waals surface area contributed by atoms with Gasteiger partial charge in [-0.1, -0.05) is 22.9 Å². The van der Waals surface area contributed by atoms with Gasteiger partial charge in [0.05, 0.1) is 20.0 Å². The number of rotatable bonds is 5. The molecule has 1 fully saturated rings. The summed E-state index contributed by atoms with van der Waals surface area (Å²) >= 11 is 6.98. The van der Waals surface area contributed by atoms with Crippen LogP contribution in [0.4, 0.5) is 5.13 Å². The second kappa shape index (κ2) is 8.14. The molecule has 0 saturated carbocycles. The fourth-order valence-electron chi connectivity index (χ4n) is 3.41. The van der Waals surface area contributed by atoms with Crippen LogP contribution in [0.2, 0.25) is 5.02 Å². The zero-order valence-electron chi connectivity index (χ0n) is 16.3. The van der Waals surface area contributed by atoms with Crippen molar-refractivity contribution in [2.75, 3.05) is 18.1 Å². The van der Waals surface area contributed by atoms with Gasteiger partial charge < -0.3 is 5.32 Å². The Morgan fingerprint density at radius 3 is 2.48 bits per heavy atom. The van der Waals surface area contributed by atoms with Crippen LogP contribution in [0.15, 0.2) is 52.3 Å². The van der Waals surface area contributed by atoms with Crippen LogP contribution in [0.1, 0.15) is 12.8 Å². The summed E-state index contributed by atoms with van der Waals surface area (Å²) in [5, 5.41) is 3.39. The van der Waals surface area contributed by atoms with Crippen LogP contribution >= 0.6 is 22.9 Å². The lowest BCUT2D eigenvalue weighted by Gasteiger charge is -2.23. The maximum absolute atomic E-state index is 13.0. The normalized spacial score (nSPS) is 17.8. The second-order valence-corrected chi connectivity index (χ2v) is 12.5. The lowest BCUT2D eigenvalue weighted by Crippen LogP contribution is -2.43. The third-order valence-electron chi connectivity index (χ3n) is 4.94. The topological polar surface area (TPSA) is 114 Å². The van der Waals surface area contributed by atoms with E-state index in [0.29, 0.717) is 28.1 Å². The average Bonchev–Trinajstić information content (AvgIpc) is 3.34. The molecular formula is C19H18ClN3O5S3. The number of hydrogen-bond donors (Lipinski definition) is 1. The minimum absolute atomic E-state index is 0.0740. The Labute approximate surface area is 188 Å². The Bertz CT molecular complexity index is 1370. The van der Waals surface area contributed by atoms with Gasteiger partial charge in [-0.3, -0.25) is 4.79 Å². The number of thiazole rings is 1. The highest BCUT2D eigenvalue weighted by atomic mass is 35.5. The molecule has 3 aromatic rings. The first-order valence-electron chi connectivity index (χ1n) is 9.25. The van der Waals surface area contributed by atoms with Gasteiger partial charge in [0.15, 0.2) is 15.0 Å². The molecule has 0 bridgehead atoms. The summed E-state index contributed by atoms with van der Waals surface area (Å²) in [5.41, 5.74) is 0.546. The molecule has 1 amide bonds. The van der Waals surface area contributed by atoms with Gasteiger partial charge in [0.2, 0.25) is 15.9 Å². The van der Waals surface area contributed by atoms with Gasteiger partial charge in [0, 0.05) is 17.8 Å². The number of sulfone groups is 1. The second-order valence-electron chi connectivity index (χ2n) is 7.14. The van der Waals surface area contributed by atoms with Crippen molar-refractivity contribution in [3.63, 3.8) is 0 Å². The number of fused-ring (bicyclic) bond motifs is 1. The van der Waals surface area contributed by atoms with Crippen LogP contribution in [0.3, 0.4) is 0 Å². The van der Waals surface area contributed by atoms with Crippen LogP contribution in [0.5, 0.6) is 0 Å². The maximum atomic E-state index is 13.0. The summed E-state index contributed by atoms with van der Waals surface area (Å²) in [6.45, 7) is 0.237. The van der Waals surface area contributed by atoms with Crippen molar-refractivity contribution in [2.45, 2.75) is 28.7 Å². The van der Waals surface area contributed by atoms with E-state index >= 15 is 0 Å². The van der Waals surface area contributed by atoms with Crippen LogP contribution in [-0.4, -0.2) is 50.9 Å². The zero-order valence-corrected chi connectivity index (χ0v) is 19.5. The molecule has 2 heterocycles. The van der Waals surface area contributed by atoms with Crippen molar-refractivity contribution >= 4 is 64.1 Å². The quantitative estimate of drug-likeness (QED) is 0.577. The molecule has 1 aromatic heterocycles. The molecule has 8 nitrogen and oxygen atoms in total. The van der Waals surface area contributed by atoms with Crippen molar-refractivity contribution in [1.29, 1.82) is 0 Å². The van der Waals surface area contributed by atoms with E-state index < -0.39 is 31.8 Å². The zero-order chi connectivity index (χ0) is 22.4. The number of nitrogens with one attached hydrogen (secondary N) is 1. The molecule has 0 aliphatic carbocycles. The molecule has 4 rings (SSSR count). The molecular weight excluding hydrogens is 482 g/mol. The first kappa shape index (κ1) is 22.2. The van der Waals surface area contributed by atoms with E-state index in [1.807, 2.05) is 0 Å². The highest BCUT2D eigenvalue weighted by Crippen LogP contribution is 2.31. The Balaban J connectivity index is 1.57. The average molecular weight is 500 g/mol. The smallest absolute Gasteiger partial charge is 0.244 e. The van der Waals surface area contributed by atoms with E-state index in [9.17, 15) is 21.6 Å². The summed E-state index contributed by atoms with van der Waals surface area (Å²) in [7, 11) is -7.22. The monoisotopic (exact) mass is 499 g/mol. The molecule has 1 N–H and O–H groups in total. The van der Waals surface area contributed by atoms with Crippen LogP contribution in [-0.2, 0) is 24.7 Å². The van der Waals surface area contributed by atoms with E-state index in [2.05, 4.69) is 10.3 Å². The van der Waals surface area contributed by atoms with Crippen LogP contribution < -0.4 is 5.32 Å². The number of halogens is 1. The first-order valence-corrected chi connectivity index (χ1v) is 13.8. The standard InChI is InChI=1S/C19H18ClN3O5S3/c1-30(25,26)14-8-9-15-17(11-14)29-19(21-15)22-18(24)16-3-2-10-23(16)31(27,28)13-6-4-12(20)5-7-13/h4-9,11,16H,2-3,10H2,1H3,(H,21,22,24). The Morgan fingerprint density at radius 2 is 1.81 bits per heavy atom. The van der Waals surface area contributed by atoms with E-state index in [1.54, 1.807) is 6.07 Å².